The first-order valence-corrected chi connectivity index (χ1v) is 17.2. The molecule has 220 valence electrons. The first-order chi connectivity index (χ1) is 19.8. The van der Waals surface area contributed by atoms with Crippen LogP contribution in [0.3, 0.4) is 0 Å². The number of hydrogen-bond acceptors (Lipinski definition) is 5. The highest BCUT2D eigenvalue weighted by Gasteiger charge is 2.62. The van der Waals surface area contributed by atoms with Gasteiger partial charge in [0.2, 0.25) is 0 Å². The highest BCUT2D eigenvalue weighted by Crippen LogP contribution is 2.67. The Balaban J connectivity index is 1.11. The molecule has 1 aromatic carbocycles. The summed E-state index contributed by atoms with van der Waals surface area (Å²) in [5.41, 5.74) is 7.57. The standard InChI is InChI=1S/C36H48N2O3/c1-34-14-15-36(20-22(34)7-8-24-27-9-10-29(39)35(27,2)13-11-28(24)34)30-23(12-16-37-36)26-19-21-5-3-17-38-18-4-6-25(31(21)38)32(26)41-33(30)40/h19,22,24,27-29,37,39H,3-18,20H2,1-2H3/t22-,24?,27?,28?,29-,34-,35-,36+/m0/s1. The highest BCUT2D eigenvalue weighted by molar-refractivity contribution is 5.91. The number of aliphatic hydroxyl groups excluding tert-OH is 1. The van der Waals surface area contributed by atoms with Crippen LogP contribution in [-0.2, 0) is 24.8 Å². The second kappa shape index (κ2) is 8.62. The number of nitrogens with zero attached hydrogens (tertiary/aromatic N) is 1. The van der Waals surface area contributed by atoms with Crippen molar-refractivity contribution in [1.82, 2.24) is 5.32 Å². The van der Waals surface area contributed by atoms with Crippen molar-refractivity contribution in [2.45, 2.75) is 115 Å². The molecule has 3 unspecified atom stereocenters. The van der Waals surface area contributed by atoms with E-state index in [1.165, 1.54) is 72.7 Å². The topological polar surface area (TPSA) is 65.7 Å². The van der Waals surface area contributed by atoms with Crippen LogP contribution >= 0.6 is 0 Å². The molecule has 5 nitrogen and oxygen atoms in total. The lowest BCUT2D eigenvalue weighted by molar-refractivity contribution is -0.132. The number of fused-ring (bicyclic) bond motifs is 10. The number of aliphatic hydroxyl groups is 1. The predicted octanol–water partition coefficient (Wildman–Crippen LogP) is 6.24. The smallest absolute Gasteiger partial charge is 0.341 e. The van der Waals surface area contributed by atoms with Crippen LogP contribution < -0.4 is 15.8 Å². The molecule has 4 heterocycles. The number of rotatable bonds is 0. The second-order valence-corrected chi connectivity index (χ2v) is 15.9. The summed E-state index contributed by atoms with van der Waals surface area (Å²) >= 11 is 0. The molecule has 5 heteroatoms. The zero-order valence-corrected chi connectivity index (χ0v) is 25.2. The van der Waals surface area contributed by atoms with Gasteiger partial charge in [-0.05, 0) is 142 Å². The largest absolute Gasteiger partial charge is 0.422 e. The van der Waals surface area contributed by atoms with E-state index in [1.54, 1.807) is 0 Å². The van der Waals surface area contributed by atoms with Gasteiger partial charge in [0, 0.05) is 36.3 Å². The zero-order valence-electron chi connectivity index (χ0n) is 25.2. The average molecular weight is 557 g/mol. The lowest BCUT2D eigenvalue weighted by Gasteiger charge is -2.62. The fourth-order valence-electron chi connectivity index (χ4n) is 12.5. The molecular weight excluding hydrogens is 508 g/mol. The number of aryl methyl sites for hydroxylation is 2. The van der Waals surface area contributed by atoms with Crippen LogP contribution in [0.2, 0.25) is 0 Å². The first kappa shape index (κ1) is 25.6. The van der Waals surface area contributed by atoms with Crippen LogP contribution in [0, 0.1) is 34.5 Å². The third-order valence-corrected chi connectivity index (χ3v) is 14.5. The highest BCUT2D eigenvalue weighted by atomic mass is 16.4. The van der Waals surface area contributed by atoms with Gasteiger partial charge in [-0.1, -0.05) is 13.8 Å². The SMILES string of the molecule is C[C@]12CCC3C(CC[C@H]4C[C@@]5(CC[C@]34C)NCCc3c5c(=O)oc4c5c6c(cc34)CCCN6CCC5)C1CC[C@@H]2O. The molecule has 2 aromatic rings. The molecule has 0 amide bonds. The van der Waals surface area contributed by atoms with Crippen molar-refractivity contribution >= 4 is 16.7 Å². The molecule has 41 heavy (non-hydrogen) atoms. The summed E-state index contributed by atoms with van der Waals surface area (Å²) in [4.78, 5) is 16.7. The van der Waals surface area contributed by atoms with Gasteiger partial charge < -0.3 is 19.7 Å². The van der Waals surface area contributed by atoms with Crippen molar-refractivity contribution in [2.24, 2.45) is 34.5 Å². The molecule has 1 aromatic heterocycles. The molecule has 4 aliphatic carbocycles. The fourth-order valence-corrected chi connectivity index (χ4v) is 12.5. The van der Waals surface area contributed by atoms with Gasteiger partial charge in [0.25, 0.3) is 0 Å². The quantitative estimate of drug-likeness (QED) is 0.376. The number of nitrogens with one attached hydrogen (secondary N) is 1. The van der Waals surface area contributed by atoms with E-state index in [-0.39, 0.29) is 22.7 Å². The van der Waals surface area contributed by atoms with Gasteiger partial charge in [0.05, 0.1) is 17.2 Å². The first-order valence-electron chi connectivity index (χ1n) is 17.2. The third kappa shape index (κ3) is 3.29. The van der Waals surface area contributed by atoms with Gasteiger partial charge in [-0.3, -0.25) is 0 Å². The van der Waals surface area contributed by atoms with Crippen molar-refractivity contribution in [3.63, 3.8) is 0 Å². The summed E-state index contributed by atoms with van der Waals surface area (Å²) in [5, 5.41) is 16.1. The van der Waals surface area contributed by atoms with Crippen molar-refractivity contribution in [3.05, 3.63) is 38.7 Å². The molecular formula is C36H48N2O3. The van der Waals surface area contributed by atoms with Crippen molar-refractivity contribution in [2.75, 3.05) is 24.5 Å². The Hall–Kier alpha value is -1.85. The zero-order chi connectivity index (χ0) is 27.7. The normalized spacial score (nSPS) is 42.8. The van der Waals surface area contributed by atoms with E-state index in [2.05, 4.69) is 30.1 Å². The van der Waals surface area contributed by atoms with E-state index in [4.69, 9.17) is 4.42 Å². The van der Waals surface area contributed by atoms with Crippen LogP contribution in [0.15, 0.2) is 15.3 Å². The van der Waals surface area contributed by atoms with Crippen LogP contribution in [0.25, 0.3) is 11.0 Å². The van der Waals surface area contributed by atoms with Crippen molar-refractivity contribution in [1.29, 1.82) is 0 Å². The minimum atomic E-state index is -0.245. The number of hydrogen-bond donors (Lipinski definition) is 2. The van der Waals surface area contributed by atoms with Gasteiger partial charge >= 0.3 is 5.63 Å². The lowest BCUT2D eigenvalue weighted by Crippen LogP contribution is -2.60. The maximum absolute atomic E-state index is 14.1. The summed E-state index contributed by atoms with van der Waals surface area (Å²) in [5.74, 6) is 2.87. The second-order valence-electron chi connectivity index (χ2n) is 15.9. The Kier molecular flexibility index (Phi) is 5.39. The van der Waals surface area contributed by atoms with E-state index < -0.39 is 0 Å². The molecule has 2 N–H and O–H groups in total. The lowest BCUT2D eigenvalue weighted by atomic mass is 9.43. The Bertz CT molecular complexity index is 1490. The molecule has 3 aliphatic heterocycles. The van der Waals surface area contributed by atoms with Crippen LogP contribution in [0.5, 0.6) is 0 Å². The number of anilines is 1. The Morgan fingerprint density at radius 2 is 1.76 bits per heavy atom. The molecule has 7 aliphatic rings. The van der Waals surface area contributed by atoms with Crippen LogP contribution in [-0.4, -0.2) is 30.8 Å². The third-order valence-electron chi connectivity index (χ3n) is 14.5. The summed E-state index contributed by atoms with van der Waals surface area (Å²) < 4.78 is 6.43. The van der Waals surface area contributed by atoms with Gasteiger partial charge in [0.1, 0.15) is 5.58 Å². The molecule has 1 spiro atoms. The van der Waals surface area contributed by atoms with Crippen molar-refractivity contribution < 1.29 is 9.52 Å². The van der Waals surface area contributed by atoms with E-state index in [0.29, 0.717) is 17.3 Å². The summed E-state index contributed by atoms with van der Waals surface area (Å²) in [7, 11) is 0. The fraction of sp³-hybridized carbons (Fsp3) is 0.750. The van der Waals surface area contributed by atoms with Crippen LogP contribution in [0.4, 0.5) is 5.69 Å². The van der Waals surface area contributed by atoms with Crippen LogP contribution in [0.1, 0.15) is 107 Å². The molecule has 0 saturated heterocycles. The van der Waals surface area contributed by atoms with Gasteiger partial charge in [-0.2, -0.15) is 0 Å². The summed E-state index contributed by atoms with van der Waals surface area (Å²) in [6, 6.07) is 2.43. The summed E-state index contributed by atoms with van der Waals surface area (Å²) in [6.07, 6.45) is 15.9. The van der Waals surface area contributed by atoms with Gasteiger partial charge in [0.15, 0.2) is 0 Å². The number of benzene rings is 1. The Labute approximate surface area is 244 Å². The van der Waals surface area contributed by atoms with E-state index in [0.717, 1.165) is 87.6 Å². The van der Waals surface area contributed by atoms with Gasteiger partial charge in [-0.15, -0.1) is 0 Å². The molecule has 4 saturated carbocycles. The minimum absolute atomic E-state index is 0.0606. The monoisotopic (exact) mass is 556 g/mol. The molecule has 8 atom stereocenters. The average Bonchev–Trinajstić information content (AvgIpc) is 3.28. The Morgan fingerprint density at radius 1 is 0.927 bits per heavy atom. The van der Waals surface area contributed by atoms with Gasteiger partial charge in [-0.25, -0.2) is 4.79 Å². The summed E-state index contributed by atoms with van der Waals surface area (Å²) in [6.45, 7) is 8.24. The molecule has 9 rings (SSSR count). The molecule has 0 radical (unpaired) electrons. The Morgan fingerprint density at radius 3 is 2.63 bits per heavy atom. The van der Waals surface area contributed by atoms with Crippen molar-refractivity contribution in [3.8, 4) is 0 Å². The van der Waals surface area contributed by atoms with E-state index >= 15 is 0 Å². The predicted molar refractivity (Wildman–Crippen MR) is 162 cm³/mol. The molecule has 4 fully saturated rings. The molecule has 0 bridgehead atoms. The maximum atomic E-state index is 14.1. The van der Waals surface area contributed by atoms with E-state index in [1.807, 2.05) is 0 Å². The maximum Gasteiger partial charge on any atom is 0.341 e. The van der Waals surface area contributed by atoms with E-state index in [9.17, 15) is 9.90 Å². The minimum Gasteiger partial charge on any atom is -0.422 e.